The van der Waals surface area contributed by atoms with E-state index in [2.05, 4.69) is 36.2 Å². The van der Waals surface area contributed by atoms with Crippen LogP contribution in [0.2, 0.25) is 0 Å². The molecular formula is C17H21N3O2. The van der Waals surface area contributed by atoms with Crippen molar-refractivity contribution in [1.82, 2.24) is 15.5 Å². The predicted molar refractivity (Wildman–Crippen MR) is 82.4 cm³/mol. The van der Waals surface area contributed by atoms with E-state index in [0.29, 0.717) is 11.6 Å². The molecule has 2 aromatic heterocycles. The molecule has 116 valence electrons. The molecule has 1 aliphatic rings. The van der Waals surface area contributed by atoms with Crippen LogP contribution in [0.4, 0.5) is 0 Å². The molecule has 1 N–H and O–H groups in total. The number of nitrogens with zero attached hydrogens (tertiary/aromatic N) is 2. The standard InChI is InChI=1S/C17H21N3O2/c1-17(2,3)15(12-6-4-5-9-18-12)19-16(21)13-10-14(22-20-13)11-7-8-11/h4-6,9-11,15H,7-8H2,1-3H3,(H,19,21). The lowest BCUT2D eigenvalue weighted by molar-refractivity contribution is 0.0890. The van der Waals surface area contributed by atoms with Crippen LogP contribution in [0, 0.1) is 5.41 Å². The summed E-state index contributed by atoms with van der Waals surface area (Å²) in [5.41, 5.74) is 1.02. The number of amides is 1. The fourth-order valence-electron chi connectivity index (χ4n) is 2.44. The van der Waals surface area contributed by atoms with Crippen LogP contribution in [-0.4, -0.2) is 16.0 Å². The SMILES string of the molecule is CC(C)(C)C(NC(=O)c1cc(C2CC2)on1)c1ccccn1. The van der Waals surface area contributed by atoms with Crippen molar-refractivity contribution >= 4 is 5.91 Å². The predicted octanol–water partition coefficient (Wildman–Crippen LogP) is 3.46. The average molecular weight is 299 g/mol. The first-order chi connectivity index (χ1) is 10.4. The van der Waals surface area contributed by atoms with E-state index in [4.69, 9.17) is 4.52 Å². The van der Waals surface area contributed by atoms with Crippen LogP contribution < -0.4 is 5.32 Å². The summed E-state index contributed by atoms with van der Waals surface area (Å²) >= 11 is 0. The third-order valence-corrected chi connectivity index (χ3v) is 3.87. The van der Waals surface area contributed by atoms with Gasteiger partial charge in [-0.05, 0) is 30.4 Å². The first-order valence-electron chi connectivity index (χ1n) is 7.63. The smallest absolute Gasteiger partial charge is 0.274 e. The summed E-state index contributed by atoms with van der Waals surface area (Å²) in [6.07, 6.45) is 3.98. The quantitative estimate of drug-likeness (QED) is 0.938. The molecule has 1 amide bonds. The molecule has 0 radical (unpaired) electrons. The molecule has 0 aliphatic heterocycles. The van der Waals surface area contributed by atoms with Crippen molar-refractivity contribution in [2.24, 2.45) is 5.41 Å². The molecule has 1 unspecified atom stereocenters. The van der Waals surface area contributed by atoms with Crippen molar-refractivity contribution in [3.63, 3.8) is 0 Å². The number of carbonyl (C=O) groups excluding carboxylic acids is 1. The maximum atomic E-state index is 12.5. The molecule has 5 nitrogen and oxygen atoms in total. The summed E-state index contributed by atoms with van der Waals surface area (Å²) in [5, 5.41) is 6.94. The highest BCUT2D eigenvalue weighted by atomic mass is 16.5. The zero-order chi connectivity index (χ0) is 15.7. The Balaban J connectivity index is 1.79. The monoisotopic (exact) mass is 299 g/mol. The van der Waals surface area contributed by atoms with Gasteiger partial charge in [0.2, 0.25) is 0 Å². The Labute approximate surface area is 130 Å². The minimum atomic E-state index is -0.221. The van der Waals surface area contributed by atoms with Gasteiger partial charge < -0.3 is 9.84 Å². The lowest BCUT2D eigenvalue weighted by atomic mass is 9.84. The summed E-state index contributed by atoms with van der Waals surface area (Å²) < 4.78 is 5.26. The van der Waals surface area contributed by atoms with Gasteiger partial charge in [0.1, 0.15) is 5.76 Å². The molecule has 0 saturated heterocycles. The van der Waals surface area contributed by atoms with Crippen molar-refractivity contribution < 1.29 is 9.32 Å². The molecule has 1 aliphatic carbocycles. The van der Waals surface area contributed by atoms with Crippen molar-refractivity contribution in [2.45, 2.75) is 45.6 Å². The van der Waals surface area contributed by atoms with Gasteiger partial charge in [-0.15, -0.1) is 0 Å². The fraction of sp³-hybridized carbons (Fsp3) is 0.471. The molecule has 0 aromatic carbocycles. The number of aromatic nitrogens is 2. The van der Waals surface area contributed by atoms with Gasteiger partial charge in [0.25, 0.3) is 5.91 Å². The van der Waals surface area contributed by atoms with Crippen molar-refractivity contribution in [3.8, 4) is 0 Å². The van der Waals surface area contributed by atoms with Crippen LogP contribution >= 0.6 is 0 Å². The minimum absolute atomic E-state index is 0.160. The number of hydrogen-bond donors (Lipinski definition) is 1. The summed E-state index contributed by atoms with van der Waals surface area (Å²) in [6.45, 7) is 6.22. The fourth-order valence-corrected chi connectivity index (χ4v) is 2.44. The Morgan fingerprint density at radius 1 is 1.36 bits per heavy atom. The van der Waals surface area contributed by atoms with Gasteiger partial charge in [0.05, 0.1) is 11.7 Å². The third kappa shape index (κ3) is 3.18. The van der Waals surface area contributed by atoms with Crippen molar-refractivity contribution in [3.05, 3.63) is 47.6 Å². The highest BCUT2D eigenvalue weighted by Gasteiger charge is 2.32. The van der Waals surface area contributed by atoms with Gasteiger partial charge in [-0.1, -0.05) is 32.0 Å². The normalized spacial score (nSPS) is 16.3. The van der Waals surface area contributed by atoms with Crippen LogP contribution in [0.1, 0.15) is 67.5 Å². The van der Waals surface area contributed by atoms with Crippen LogP contribution in [0.15, 0.2) is 35.0 Å². The van der Waals surface area contributed by atoms with Gasteiger partial charge in [-0.3, -0.25) is 9.78 Å². The van der Waals surface area contributed by atoms with Crippen molar-refractivity contribution in [1.29, 1.82) is 0 Å². The first kappa shape index (κ1) is 14.8. The van der Waals surface area contributed by atoms with Crippen LogP contribution in [0.5, 0.6) is 0 Å². The van der Waals surface area contributed by atoms with E-state index in [1.807, 2.05) is 18.2 Å². The second kappa shape index (κ2) is 5.55. The molecule has 5 heteroatoms. The van der Waals surface area contributed by atoms with Crippen LogP contribution in [-0.2, 0) is 0 Å². The molecule has 1 saturated carbocycles. The van der Waals surface area contributed by atoms with E-state index in [1.165, 1.54) is 0 Å². The zero-order valence-electron chi connectivity index (χ0n) is 13.2. The zero-order valence-corrected chi connectivity index (χ0v) is 13.2. The number of nitrogens with one attached hydrogen (secondary N) is 1. The highest BCUT2D eigenvalue weighted by Crippen LogP contribution is 2.40. The topological polar surface area (TPSA) is 68.0 Å². The average Bonchev–Trinajstić information content (AvgIpc) is 3.21. The van der Waals surface area contributed by atoms with E-state index in [0.717, 1.165) is 24.3 Å². The first-order valence-corrected chi connectivity index (χ1v) is 7.63. The molecule has 22 heavy (non-hydrogen) atoms. The lowest BCUT2D eigenvalue weighted by Crippen LogP contribution is -2.37. The molecule has 0 bridgehead atoms. The molecule has 1 fully saturated rings. The number of hydrogen-bond acceptors (Lipinski definition) is 4. The van der Waals surface area contributed by atoms with E-state index >= 15 is 0 Å². The van der Waals surface area contributed by atoms with Crippen LogP contribution in [0.3, 0.4) is 0 Å². The summed E-state index contributed by atoms with van der Waals surface area (Å²) in [5.74, 6) is 1.04. The summed E-state index contributed by atoms with van der Waals surface area (Å²) in [4.78, 5) is 16.8. The summed E-state index contributed by atoms with van der Waals surface area (Å²) in [6, 6.07) is 7.28. The molecule has 2 heterocycles. The van der Waals surface area contributed by atoms with Gasteiger partial charge in [-0.2, -0.15) is 0 Å². The molecule has 3 rings (SSSR count). The van der Waals surface area contributed by atoms with Gasteiger partial charge in [0, 0.05) is 18.2 Å². The van der Waals surface area contributed by atoms with Gasteiger partial charge >= 0.3 is 0 Å². The lowest BCUT2D eigenvalue weighted by Gasteiger charge is -2.30. The van der Waals surface area contributed by atoms with Gasteiger partial charge in [-0.25, -0.2) is 0 Å². The Bertz CT molecular complexity index is 654. The Morgan fingerprint density at radius 2 is 2.14 bits per heavy atom. The number of rotatable bonds is 4. The second-order valence-electron chi connectivity index (χ2n) is 6.92. The number of carbonyl (C=O) groups is 1. The van der Waals surface area contributed by atoms with Crippen molar-refractivity contribution in [2.75, 3.05) is 0 Å². The second-order valence-corrected chi connectivity index (χ2v) is 6.92. The maximum absolute atomic E-state index is 12.5. The minimum Gasteiger partial charge on any atom is -0.360 e. The number of pyridine rings is 1. The van der Waals surface area contributed by atoms with E-state index in [1.54, 1.807) is 12.3 Å². The Morgan fingerprint density at radius 3 is 2.73 bits per heavy atom. The largest absolute Gasteiger partial charge is 0.360 e. The molecule has 0 spiro atoms. The third-order valence-electron chi connectivity index (χ3n) is 3.87. The highest BCUT2D eigenvalue weighted by molar-refractivity contribution is 5.92. The maximum Gasteiger partial charge on any atom is 0.274 e. The Hall–Kier alpha value is -2.17. The summed E-state index contributed by atoms with van der Waals surface area (Å²) in [7, 11) is 0. The Kier molecular flexibility index (Phi) is 3.72. The van der Waals surface area contributed by atoms with Crippen LogP contribution in [0.25, 0.3) is 0 Å². The van der Waals surface area contributed by atoms with E-state index in [9.17, 15) is 4.79 Å². The molecular weight excluding hydrogens is 278 g/mol. The van der Waals surface area contributed by atoms with Gasteiger partial charge in [0.15, 0.2) is 5.69 Å². The molecule has 1 atom stereocenters. The molecule has 2 aromatic rings. The van der Waals surface area contributed by atoms with E-state index in [-0.39, 0.29) is 17.4 Å². The van der Waals surface area contributed by atoms with E-state index < -0.39 is 0 Å².